The summed E-state index contributed by atoms with van der Waals surface area (Å²) < 4.78 is 5.63. The van der Waals surface area contributed by atoms with Gasteiger partial charge >= 0.3 is 0 Å². The van der Waals surface area contributed by atoms with Crippen LogP contribution in [-0.2, 0) is 4.74 Å². The van der Waals surface area contributed by atoms with Gasteiger partial charge in [-0.2, -0.15) is 0 Å². The number of nitrogens with zero attached hydrogens (tertiary/aromatic N) is 1. The molecule has 0 aliphatic heterocycles. The van der Waals surface area contributed by atoms with Gasteiger partial charge in [-0.25, -0.2) is 0 Å². The third-order valence-electron chi connectivity index (χ3n) is 4.80. The van der Waals surface area contributed by atoms with Gasteiger partial charge in [0.2, 0.25) is 0 Å². The molecule has 0 radical (unpaired) electrons. The zero-order chi connectivity index (χ0) is 20.6. The fourth-order valence-corrected chi connectivity index (χ4v) is 3.85. The largest absolute Gasteiger partial charge is 0.494 e. The van der Waals surface area contributed by atoms with Gasteiger partial charge in [0.1, 0.15) is 5.76 Å². The topological polar surface area (TPSA) is 12.5 Å². The molecule has 0 saturated carbocycles. The first-order valence-corrected chi connectivity index (χ1v) is 10.5. The first-order chi connectivity index (χ1) is 14.1. The molecule has 148 valence electrons. The summed E-state index contributed by atoms with van der Waals surface area (Å²) in [5, 5.41) is 2.23. The number of ether oxygens (including phenoxy) is 1. The van der Waals surface area contributed by atoms with Crippen LogP contribution in [0.4, 0.5) is 0 Å². The van der Waals surface area contributed by atoms with Crippen LogP contribution in [-0.4, -0.2) is 26.1 Å². The van der Waals surface area contributed by atoms with Crippen molar-refractivity contribution in [1.82, 2.24) is 4.90 Å². The fraction of sp³-hybridized carbons (Fsp3) is 0.154. The van der Waals surface area contributed by atoms with Crippen molar-refractivity contribution in [2.45, 2.75) is 11.8 Å². The van der Waals surface area contributed by atoms with Crippen molar-refractivity contribution in [2.75, 3.05) is 21.2 Å². The molecule has 3 heteroatoms. The summed E-state index contributed by atoms with van der Waals surface area (Å²) in [5.41, 5.74) is 5.84. The van der Waals surface area contributed by atoms with E-state index in [2.05, 4.69) is 102 Å². The van der Waals surface area contributed by atoms with Crippen molar-refractivity contribution in [3.05, 3.63) is 113 Å². The number of allylic oxidation sites excluding steroid dienone is 1. The van der Waals surface area contributed by atoms with E-state index in [1.165, 1.54) is 21.6 Å². The van der Waals surface area contributed by atoms with Gasteiger partial charge in [0, 0.05) is 24.6 Å². The minimum absolute atomic E-state index is 0.899. The van der Waals surface area contributed by atoms with Crippen LogP contribution >= 0.6 is 11.8 Å². The molecule has 0 unspecified atom stereocenters. The van der Waals surface area contributed by atoms with E-state index in [0.29, 0.717) is 0 Å². The number of thioether (sulfide) groups is 1. The van der Waals surface area contributed by atoms with Crippen LogP contribution in [0.15, 0.2) is 101 Å². The van der Waals surface area contributed by atoms with Crippen LogP contribution in [0.25, 0.3) is 11.3 Å². The lowest BCUT2D eigenvalue weighted by atomic mass is 10.00. The van der Waals surface area contributed by atoms with Gasteiger partial charge in [0.15, 0.2) is 0 Å². The Morgan fingerprint density at radius 1 is 0.759 bits per heavy atom. The third kappa shape index (κ3) is 5.33. The van der Waals surface area contributed by atoms with E-state index < -0.39 is 0 Å². The molecular weight excluding hydrogens is 374 g/mol. The number of hydrogen-bond acceptors (Lipinski definition) is 3. The van der Waals surface area contributed by atoms with Crippen LogP contribution in [0.5, 0.6) is 0 Å². The zero-order valence-electron chi connectivity index (χ0n) is 17.4. The molecule has 3 rings (SSSR count). The van der Waals surface area contributed by atoms with E-state index in [0.717, 1.165) is 17.0 Å². The van der Waals surface area contributed by atoms with E-state index in [-0.39, 0.29) is 0 Å². The van der Waals surface area contributed by atoms with Crippen molar-refractivity contribution in [3.63, 3.8) is 0 Å². The first-order valence-electron chi connectivity index (χ1n) is 9.60. The average molecular weight is 402 g/mol. The molecule has 0 fully saturated rings. The predicted molar refractivity (Wildman–Crippen MR) is 126 cm³/mol. The van der Waals surface area contributed by atoms with E-state index in [1.807, 2.05) is 14.1 Å². The maximum Gasteiger partial charge on any atom is 0.144 e. The molecule has 0 aromatic heterocycles. The minimum Gasteiger partial charge on any atom is -0.494 e. The Bertz CT molecular complexity index is 933. The average Bonchev–Trinajstić information content (AvgIpc) is 2.77. The molecule has 0 heterocycles. The molecule has 0 spiro atoms. The van der Waals surface area contributed by atoms with Crippen molar-refractivity contribution >= 4 is 23.1 Å². The van der Waals surface area contributed by atoms with E-state index in [4.69, 9.17) is 4.74 Å². The fourth-order valence-electron chi connectivity index (χ4n) is 3.03. The van der Waals surface area contributed by atoms with Crippen molar-refractivity contribution < 1.29 is 4.74 Å². The molecular formula is C26H27NOS. The summed E-state index contributed by atoms with van der Waals surface area (Å²) in [6.07, 6.45) is 0. The minimum atomic E-state index is 0.899. The highest BCUT2D eigenvalue weighted by Gasteiger charge is 2.09. The highest BCUT2D eigenvalue weighted by Crippen LogP contribution is 2.31. The van der Waals surface area contributed by atoms with Crippen molar-refractivity contribution in [1.29, 1.82) is 0 Å². The van der Waals surface area contributed by atoms with Crippen LogP contribution < -0.4 is 0 Å². The molecule has 0 N–H and O–H groups in total. The Hall–Kier alpha value is -2.91. The number of methoxy groups -OCH3 is 1. The maximum atomic E-state index is 5.63. The monoisotopic (exact) mass is 401 g/mol. The summed E-state index contributed by atoms with van der Waals surface area (Å²) >= 11 is 1.73. The second-order valence-electron chi connectivity index (χ2n) is 6.92. The van der Waals surface area contributed by atoms with Crippen LogP contribution in [0, 0.1) is 0 Å². The zero-order valence-corrected chi connectivity index (χ0v) is 18.2. The Morgan fingerprint density at radius 2 is 1.28 bits per heavy atom. The summed E-state index contributed by atoms with van der Waals surface area (Å²) in [7, 11) is 5.77. The predicted octanol–water partition coefficient (Wildman–Crippen LogP) is 6.76. The smallest absolute Gasteiger partial charge is 0.144 e. The molecule has 3 aromatic carbocycles. The van der Waals surface area contributed by atoms with Gasteiger partial charge in [-0.3, -0.25) is 0 Å². The number of benzene rings is 3. The van der Waals surface area contributed by atoms with Crippen molar-refractivity contribution in [3.8, 4) is 0 Å². The normalized spacial score (nSPS) is 11.4. The molecule has 0 atom stereocenters. The highest BCUT2D eigenvalue weighted by molar-refractivity contribution is 8.02. The maximum absolute atomic E-state index is 5.63. The van der Waals surface area contributed by atoms with Crippen LogP contribution in [0.3, 0.4) is 0 Å². The van der Waals surface area contributed by atoms with Crippen molar-refractivity contribution in [2.24, 2.45) is 0 Å². The Balaban J connectivity index is 1.88. The second-order valence-corrected chi connectivity index (χ2v) is 7.86. The van der Waals surface area contributed by atoms with Gasteiger partial charge in [0.05, 0.1) is 12.8 Å². The lowest BCUT2D eigenvalue weighted by molar-refractivity contribution is 0.352. The third-order valence-corrected chi connectivity index (χ3v) is 5.70. The van der Waals surface area contributed by atoms with Crippen LogP contribution in [0.1, 0.15) is 23.6 Å². The lowest BCUT2D eigenvalue weighted by Gasteiger charge is -2.18. The van der Waals surface area contributed by atoms with E-state index >= 15 is 0 Å². The summed E-state index contributed by atoms with van der Waals surface area (Å²) in [4.78, 5) is 3.26. The molecule has 2 nitrogen and oxygen atoms in total. The molecule has 0 amide bonds. The standard InChI is InChI=1S/C26H27NOS/c1-20(27(2)3)26(28-4)23-15-17-24(18-16-23)29-19-25(21-11-7-5-8-12-21)22-13-9-6-10-14-22/h5-19H,1-4H3/b26-20-. The first kappa shape index (κ1) is 20.8. The Kier molecular flexibility index (Phi) is 7.20. The number of rotatable bonds is 7. The van der Waals surface area contributed by atoms with Gasteiger partial charge in [-0.1, -0.05) is 84.6 Å². The van der Waals surface area contributed by atoms with Gasteiger partial charge in [-0.15, -0.1) is 0 Å². The summed E-state index contributed by atoms with van der Waals surface area (Å²) in [5.74, 6) is 0.899. The van der Waals surface area contributed by atoms with Crippen LogP contribution in [0.2, 0.25) is 0 Å². The molecule has 29 heavy (non-hydrogen) atoms. The van der Waals surface area contributed by atoms with E-state index in [9.17, 15) is 0 Å². The quantitative estimate of drug-likeness (QED) is 0.320. The van der Waals surface area contributed by atoms with Gasteiger partial charge in [0.25, 0.3) is 0 Å². The Labute approximate surface area is 178 Å². The second kappa shape index (κ2) is 10.0. The molecule has 0 saturated heterocycles. The van der Waals surface area contributed by atoms with Gasteiger partial charge < -0.3 is 9.64 Å². The number of hydrogen-bond donors (Lipinski definition) is 0. The summed E-state index contributed by atoms with van der Waals surface area (Å²) in [6.45, 7) is 2.07. The highest BCUT2D eigenvalue weighted by atomic mass is 32.2. The summed E-state index contributed by atoms with van der Waals surface area (Å²) in [6, 6.07) is 29.6. The Morgan fingerprint density at radius 3 is 1.72 bits per heavy atom. The molecule has 0 aliphatic carbocycles. The molecule has 0 bridgehead atoms. The molecule has 0 aliphatic rings. The molecule has 3 aromatic rings. The lowest BCUT2D eigenvalue weighted by Crippen LogP contribution is -2.11. The van der Waals surface area contributed by atoms with E-state index in [1.54, 1.807) is 18.9 Å². The van der Waals surface area contributed by atoms with Gasteiger partial charge in [-0.05, 0) is 41.2 Å². The SMILES string of the molecule is CO/C(=C(/C)N(C)C)c1ccc(SC=C(c2ccccc2)c2ccccc2)cc1.